The number of anilines is 1. The summed E-state index contributed by atoms with van der Waals surface area (Å²) in [5.41, 5.74) is 1.91. The molecule has 0 aliphatic heterocycles. The lowest BCUT2D eigenvalue weighted by Crippen LogP contribution is -2.44. The lowest BCUT2D eigenvalue weighted by Gasteiger charge is -2.39. The van der Waals surface area contributed by atoms with Gasteiger partial charge in [0.2, 0.25) is 0 Å². The minimum Gasteiger partial charge on any atom is -0.465 e. The fourth-order valence-corrected chi connectivity index (χ4v) is 4.32. The van der Waals surface area contributed by atoms with Gasteiger partial charge in [0.15, 0.2) is 0 Å². The van der Waals surface area contributed by atoms with Crippen molar-refractivity contribution in [3.63, 3.8) is 0 Å². The molecule has 0 amide bonds. The SMILES string of the molecule is CCN(c1cc(Cl)cc(C(=O)OC)c1C)C1CCC(NCC(=O)OC(C)(C)C)CC1. The van der Waals surface area contributed by atoms with E-state index in [1.165, 1.54) is 7.11 Å². The minimum absolute atomic E-state index is 0.218. The Morgan fingerprint density at radius 2 is 1.83 bits per heavy atom. The summed E-state index contributed by atoms with van der Waals surface area (Å²) in [6.07, 6.45) is 3.96. The molecule has 1 N–H and O–H groups in total. The minimum atomic E-state index is -0.462. The molecule has 2 rings (SSSR count). The van der Waals surface area contributed by atoms with Crippen LogP contribution in [0.1, 0.15) is 69.3 Å². The standard InChI is InChI=1S/C23H35ClN2O4/c1-7-26(20-13-16(24)12-19(15(20)2)22(28)29-6)18-10-8-17(9-11-18)25-14-21(27)30-23(3,4)5/h12-13,17-18,25H,7-11,14H2,1-6H3. The Balaban J connectivity index is 2.01. The first-order chi connectivity index (χ1) is 14.1. The molecule has 0 unspecified atom stereocenters. The molecule has 168 valence electrons. The number of nitrogens with zero attached hydrogens (tertiary/aromatic N) is 1. The monoisotopic (exact) mass is 438 g/mol. The van der Waals surface area contributed by atoms with Gasteiger partial charge in [-0.2, -0.15) is 0 Å². The average Bonchev–Trinajstić information content (AvgIpc) is 2.68. The van der Waals surface area contributed by atoms with Crippen LogP contribution in [0.4, 0.5) is 5.69 Å². The summed E-state index contributed by atoms with van der Waals surface area (Å²) in [6, 6.07) is 4.26. The van der Waals surface area contributed by atoms with Crippen LogP contribution in [0.15, 0.2) is 12.1 Å². The Labute approximate surface area is 185 Å². The Kier molecular flexibility index (Phi) is 8.56. The van der Waals surface area contributed by atoms with Crippen LogP contribution in [0.2, 0.25) is 5.02 Å². The molecule has 0 aromatic heterocycles. The normalized spacial score (nSPS) is 19.3. The number of benzene rings is 1. The molecule has 0 bridgehead atoms. The number of rotatable bonds is 7. The average molecular weight is 439 g/mol. The van der Waals surface area contributed by atoms with E-state index in [-0.39, 0.29) is 18.5 Å². The zero-order chi connectivity index (χ0) is 22.5. The van der Waals surface area contributed by atoms with Gasteiger partial charge in [0, 0.05) is 29.3 Å². The number of methoxy groups -OCH3 is 1. The van der Waals surface area contributed by atoms with Gasteiger partial charge in [0.05, 0.1) is 19.2 Å². The van der Waals surface area contributed by atoms with E-state index in [1.807, 2.05) is 33.8 Å². The van der Waals surface area contributed by atoms with Crippen molar-refractivity contribution in [3.8, 4) is 0 Å². The Hall–Kier alpha value is -1.79. The molecule has 30 heavy (non-hydrogen) atoms. The van der Waals surface area contributed by atoms with Crippen LogP contribution >= 0.6 is 11.6 Å². The smallest absolute Gasteiger partial charge is 0.338 e. The van der Waals surface area contributed by atoms with E-state index in [0.29, 0.717) is 22.7 Å². The summed E-state index contributed by atoms with van der Waals surface area (Å²) < 4.78 is 10.3. The van der Waals surface area contributed by atoms with Gasteiger partial charge in [0.1, 0.15) is 5.60 Å². The molecule has 1 fully saturated rings. The highest BCUT2D eigenvalue weighted by atomic mass is 35.5. The highest BCUT2D eigenvalue weighted by Crippen LogP contribution is 2.33. The molecule has 6 nitrogen and oxygen atoms in total. The predicted octanol–water partition coefficient (Wildman–Crippen LogP) is 4.50. The van der Waals surface area contributed by atoms with E-state index in [9.17, 15) is 9.59 Å². The number of hydrogen-bond donors (Lipinski definition) is 1. The number of carbonyl (C=O) groups is 2. The number of esters is 2. The van der Waals surface area contributed by atoms with Gasteiger partial charge < -0.3 is 19.7 Å². The fraction of sp³-hybridized carbons (Fsp3) is 0.652. The van der Waals surface area contributed by atoms with Gasteiger partial charge in [0.25, 0.3) is 0 Å². The highest BCUT2D eigenvalue weighted by Gasteiger charge is 2.28. The predicted molar refractivity (Wildman–Crippen MR) is 120 cm³/mol. The van der Waals surface area contributed by atoms with Gasteiger partial charge in [-0.1, -0.05) is 11.6 Å². The summed E-state index contributed by atoms with van der Waals surface area (Å²) in [5, 5.41) is 3.87. The molecule has 0 spiro atoms. The van der Waals surface area contributed by atoms with Crippen LogP contribution in [0.25, 0.3) is 0 Å². The highest BCUT2D eigenvalue weighted by molar-refractivity contribution is 6.31. The van der Waals surface area contributed by atoms with E-state index >= 15 is 0 Å². The van der Waals surface area contributed by atoms with Gasteiger partial charge >= 0.3 is 11.9 Å². The summed E-state index contributed by atoms with van der Waals surface area (Å²) in [7, 11) is 1.38. The zero-order valence-electron chi connectivity index (χ0n) is 19.0. The third kappa shape index (κ3) is 6.61. The number of hydrogen-bond acceptors (Lipinski definition) is 6. The third-order valence-electron chi connectivity index (χ3n) is 5.49. The van der Waals surface area contributed by atoms with Crippen LogP contribution in [-0.4, -0.2) is 49.8 Å². The Morgan fingerprint density at radius 1 is 1.20 bits per heavy atom. The van der Waals surface area contributed by atoms with Crippen molar-refractivity contribution in [2.75, 3.05) is 25.1 Å². The zero-order valence-corrected chi connectivity index (χ0v) is 19.8. The first-order valence-electron chi connectivity index (χ1n) is 10.7. The molecule has 0 atom stereocenters. The molecule has 1 aromatic rings. The topological polar surface area (TPSA) is 67.9 Å². The van der Waals surface area contributed by atoms with E-state index < -0.39 is 5.60 Å². The molecule has 1 aliphatic carbocycles. The van der Waals surface area contributed by atoms with Gasteiger partial charge in [-0.25, -0.2) is 4.79 Å². The summed E-state index contributed by atoms with van der Waals surface area (Å²) >= 11 is 6.31. The van der Waals surface area contributed by atoms with Crippen molar-refractivity contribution in [1.82, 2.24) is 5.32 Å². The summed E-state index contributed by atoms with van der Waals surface area (Å²) in [4.78, 5) is 26.4. The number of carbonyl (C=O) groups excluding carboxylic acids is 2. The molecule has 7 heteroatoms. The third-order valence-corrected chi connectivity index (χ3v) is 5.71. The van der Waals surface area contributed by atoms with Crippen molar-refractivity contribution >= 4 is 29.2 Å². The van der Waals surface area contributed by atoms with Crippen LogP contribution in [0, 0.1) is 6.92 Å². The Morgan fingerprint density at radius 3 is 2.37 bits per heavy atom. The van der Waals surface area contributed by atoms with Crippen molar-refractivity contribution in [1.29, 1.82) is 0 Å². The second-order valence-corrected chi connectivity index (χ2v) is 9.28. The molecule has 1 aliphatic rings. The number of ether oxygens (including phenoxy) is 2. The largest absolute Gasteiger partial charge is 0.465 e. The van der Waals surface area contributed by atoms with Crippen LogP contribution in [0.3, 0.4) is 0 Å². The van der Waals surface area contributed by atoms with Gasteiger partial charge in [-0.3, -0.25) is 4.79 Å². The van der Waals surface area contributed by atoms with Gasteiger partial charge in [-0.05, 0) is 78.0 Å². The molecule has 0 radical (unpaired) electrons. The molecule has 1 aromatic carbocycles. The lowest BCUT2D eigenvalue weighted by atomic mass is 9.89. The van der Waals surface area contributed by atoms with Crippen LogP contribution in [-0.2, 0) is 14.3 Å². The second kappa shape index (κ2) is 10.5. The summed E-state index contributed by atoms with van der Waals surface area (Å²) in [5.74, 6) is -0.591. The second-order valence-electron chi connectivity index (χ2n) is 8.85. The first kappa shape index (κ1) is 24.5. The molecule has 1 saturated carbocycles. The van der Waals surface area contributed by atoms with E-state index in [0.717, 1.165) is 43.5 Å². The van der Waals surface area contributed by atoms with Crippen molar-refractivity contribution < 1.29 is 19.1 Å². The molecular weight excluding hydrogens is 404 g/mol. The van der Waals surface area contributed by atoms with E-state index in [4.69, 9.17) is 21.1 Å². The lowest BCUT2D eigenvalue weighted by molar-refractivity contribution is -0.153. The maximum atomic E-state index is 12.1. The van der Waals surface area contributed by atoms with Crippen molar-refractivity contribution in [2.45, 2.75) is 78.0 Å². The molecule has 0 heterocycles. The maximum Gasteiger partial charge on any atom is 0.338 e. The fourth-order valence-electron chi connectivity index (χ4n) is 4.11. The number of halogens is 1. The first-order valence-corrected chi connectivity index (χ1v) is 11.0. The maximum absolute atomic E-state index is 12.1. The van der Waals surface area contributed by atoms with Gasteiger partial charge in [-0.15, -0.1) is 0 Å². The summed E-state index contributed by atoms with van der Waals surface area (Å²) in [6.45, 7) is 10.7. The van der Waals surface area contributed by atoms with E-state index in [2.05, 4.69) is 17.1 Å². The van der Waals surface area contributed by atoms with Crippen LogP contribution < -0.4 is 10.2 Å². The van der Waals surface area contributed by atoms with Crippen molar-refractivity contribution in [3.05, 3.63) is 28.3 Å². The quantitative estimate of drug-likeness (QED) is 0.632. The molecular formula is C23H35ClN2O4. The Bertz CT molecular complexity index is 752. The van der Waals surface area contributed by atoms with Crippen molar-refractivity contribution in [2.24, 2.45) is 0 Å². The van der Waals surface area contributed by atoms with Crippen LogP contribution in [0.5, 0.6) is 0 Å². The number of nitrogens with one attached hydrogen (secondary N) is 1. The molecule has 0 saturated heterocycles. The van der Waals surface area contributed by atoms with E-state index in [1.54, 1.807) is 6.07 Å².